The van der Waals surface area contributed by atoms with Crippen molar-refractivity contribution in [1.82, 2.24) is 0 Å². The smallest absolute Gasteiger partial charge is 0.163 e. The van der Waals surface area contributed by atoms with Crippen LogP contribution in [0.5, 0.6) is 11.5 Å². The number of hydrogen-bond donors (Lipinski definition) is 3. The molecule has 0 saturated carbocycles. The molecule has 1 rings (SSSR count). The first-order chi connectivity index (χ1) is 7.10. The molecule has 4 nitrogen and oxygen atoms in total. The largest absolute Gasteiger partial charge is 0.504 e. The van der Waals surface area contributed by atoms with Crippen LogP contribution in [0.3, 0.4) is 0 Å². The topological polar surface area (TPSA) is 81.5 Å². The maximum Gasteiger partial charge on any atom is 0.163 e. The van der Waals surface area contributed by atoms with Crippen LogP contribution in [0.4, 0.5) is 4.39 Å². The van der Waals surface area contributed by atoms with Crippen LogP contribution >= 0.6 is 0 Å². The van der Waals surface area contributed by atoms with E-state index < -0.39 is 11.9 Å². The highest BCUT2D eigenvalue weighted by molar-refractivity contribution is 5.47. The molecule has 1 atom stereocenters. The molecule has 0 fully saturated rings. The maximum atomic E-state index is 13.1. The molecule has 0 heterocycles. The molecule has 15 heavy (non-hydrogen) atoms. The maximum absolute atomic E-state index is 13.1. The Morgan fingerprint density at radius 1 is 1.53 bits per heavy atom. The molecule has 5 N–H and O–H groups in total. The van der Waals surface area contributed by atoms with Crippen LogP contribution in [0.1, 0.15) is 18.0 Å². The lowest BCUT2D eigenvalue weighted by molar-refractivity contribution is 0.364. The number of aromatic hydroxyl groups is 1. The van der Waals surface area contributed by atoms with Crippen LogP contribution in [-0.2, 0) is 0 Å². The molecule has 0 aliphatic heterocycles. The van der Waals surface area contributed by atoms with Crippen LogP contribution in [0, 0.1) is 5.82 Å². The number of hydrogen-bond acceptors (Lipinski definition) is 4. The lowest BCUT2D eigenvalue weighted by Gasteiger charge is -2.14. The lowest BCUT2D eigenvalue weighted by Crippen LogP contribution is -2.15. The molecule has 5 heteroatoms. The SMILES string of the molecule is COc1cc(F)cc([C@H](N)CCN)c1O. The molecule has 0 amide bonds. The molecule has 0 radical (unpaired) electrons. The molecule has 0 aromatic heterocycles. The van der Waals surface area contributed by atoms with Gasteiger partial charge >= 0.3 is 0 Å². The van der Waals surface area contributed by atoms with Crippen molar-refractivity contribution in [2.45, 2.75) is 12.5 Å². The highest BCUT2D eigenvalue weighted by atomic mass is 19.1. The molecule has 0 spiro atoms. The second-order valence-corrected chi connectivity index (χ2v) is 3.23. The van der Waals surface area contributed by atoms with Crippen molar-refractivity contribution in [2.75, 3.05) is 13.7 Å². The van der Waals surface area contributed by atoms with Gasteiger partial charge in [-0.05, 0) is 19.0 Å². The Morgan fingerprint density at radius 3 is 2.73 bits per heavy atom. The number of nitrogens with two attached hydrogens (primary N) is 2. The third-order valence-electron chi connectivity index (χ3n) is 2.17. The molecule has 0 aliphatic carbocycles. The van der Waals surface area contributed by atoms with E-state index in [0.717, 1.165) is 6.07 Å². The summed E-state index contributed by atoms with van der Waals surface area (Å²) in [4.78, 5) is 0. The van der Waals surface area contributed by atoms with Crippen LogP contribution in [-0.4, -0.2) is 18.8 Å². The predicted octanol–water partition coefficient (Wildman–Crippen LogP) is 0.889. The van der Waals surface area contributed by atoms with E-state index in [2.05, 4.69) is 0 Å². The van der Waals surface area contributed by atoms with Gasteiger partial charge in [-0.2, -0.15) is 0 Å². The van der Waals surface area contributed by atoms with Crippen LogP contribution < -0.4 is 16.2 Å². The van der Waals surface area contributed by atoms with Crippen molar-refractivity contribution in [3.8, 4) is 11.5 Å². The number of rotatable bonds is 4. The van der Waals surface area contributed by atoms with E-state index in [1.54, 1.807) is 0 Å². The zero-order valence-corrected chi connectivity index (χ0v) is 8.53. The Balaban J connectivity index is 3.11. The van der Waals surface area contributed by atoms with Gasteiger partial charge in [-0.25, -0.2) is 4.39 Å². The average molecular weight is 214 g/mol. The molecule has 0 unspecified atom stereocenters. The van der Waals surface area contributed by atoms with Gasteiger partial charge in [0, 0.05) is 17.7 Å². The highest BCUT2D eigenvalue weighted by Crippen LogP contribution is 2.34. The molecular formula is C10H15FN2O2. The Hall–Kier alpha value is -1.33. The minimum absolute atomic E-state index is 0.0810. The summed E-state index contributed by atoms with van der Waals surface area (Å²) in [7, 11) is 1.35. The van der Waals surface area contributed by atoms with Crippen molar-refractivity contribution in [2.24, 2.45) is 11.5 Å². The fraction of sp³-hybridized carbons (Fsp3) is 0.400. The fourth-order valence-electron chi connectivity index (χ4n) is 1.37. The Bertz CT molecular complexity index is 344. The van der Waals surface area contributed by atoms with Gasteiger partial charge in [0.2, 0.25) is 0 Å². The zero-order chi connectivity index (χ0) is 11.4. The monoisotopic (exact) mass is 214 g/mol. The van der Waals surface area contributed by atoms with Gasteiger partial charge < -0.3 is 21.3 Å². The number of ether oxygens (including phenoxy) is 1. The predicted molar refractivity (Wildman–Crippen MR) is 55.2 cm³/mol. The van der Waals surface area contributed by atoms with Crippen molar-refractivity contribution >= 4 is 0 Å². The number of phenolic OH excluding ortho intramolecular Hbond substituents is 1. The number of methoxy groups -OCH3 is 1. The zero-order valence-electron chi connectivity index (χ0n) is 8.53. The van der Waals surface area contributed by atoms with Gasteiger partial charge in [0.25, 0.3) is 0 Å². The summed E-state index contributed by atoms with van der Waals surface area (Å²) in [5, 5.41) is 9.70. The summed E-state index contributed by atoms with van der Waals surface area (Å²) >= 11 is 0. The summed E-state index contributed by atoms with van der Waals surface area (Å²) < 4.78 is 17.9. The molecule has 0 saturated heterocycles. The standard InChI is InChI=1S/C10H15FN2O2/c1-15-9-5-6(11)4-7(10(9)14)8(13)2-3-12/h4-5,8,14H,2-3,12-13H2,1H3/t8-/m1/s1. The quantitative estimate of drug-likeness (QED) is 0.695. The second kappa shape index (κ2) is 4.95. The molecular weight excluding hydrogens is 199 g/mol. The highest BCUT2D eigenvalue weighted by Gasteiger charge is 2.15. The first-order valence-corrected chi connectivity index (χ1v) is 4.62. The summed E-state index contributed by atoms with van der Waals surface area (Å²) in [5.74, 6) is -0.538. The van der Waals surface area contributed by atoms with E-state index in [1.165, 1.54) is 13.2 Å². The van der Waals surface area contributed by atoms with E-state index in [1.807, 2.05) is 0 Å². The Labute approximate surface area is 87.6 Å². The van der Waals surface area contributed by atoms with Gasteiger partial charge in [0.05, 0.1) is 7.11 Å². The van der Waals surface area contributed by atoms with Crippen molar-refractivity contribution in [1.29, 1.82) is 0 Å². The van der Waals surface area contributed by atoms with Gasteiger partial charge in [0.1, 0.15) is 5.82 Å². The van der Waals surface area contributed by atoms with Crippen LogP contribution in [0.2, 0.25) is 0 Å². The Morgan fingerprint density at radius 2 is 2.20 bits per heavy atom. The molecule has 1 aromatic carbocycles. The summed E-state index contributed by atoms with van der Waals surface area (Å²) in [6.07, 6.45) is 0.472. The third-order valence-corrected chi connectivity index (χ3v) is 2.17. The van der Waals surface area contributed by atoms with Gasteiger partial charge in [0.15, 0.2) is 11.5 Å². The van der Waals surface area contributed by atoms with Crippen molar-refractivity contribution < 1.29 is 14.2 Å². The Kier molecular flexibility index (Phi) is 3.88. The minimum Gasteiger partial charge on any atom is -0.504 e. The summed E-state index contributed by atoms with van der Waals surface area (Å²) in [6.45, 7) is 0.374. The summed E-state index contributed by atoms with van der Waals surface area (Å²) in [5.41, 5.74) is 11.4. The molecule has 84 valence electrons. The first kappa shape index (κ1) is 11.7. The molecule has 1 aromatic rings. The van der Waals surface area contributed by atoms with Crippen LogP contribution in [0.25, 0.3) is 0 Å². The van der Waals surface area contributed by atoms with E-state index in [9.17, 15) is 9.50 Å². The minimum atomic E-state index is -0.493. The van der Waals surface area contributed by atoms with Crippen molar-refractivity contribution in [3.05, 3.63) is 23.5 Å². The van der Waals surface area contributed by atoms with Gasteiger partial charge in [-0.3, -0.25) is 0 Å². The number of phenols is 1. The average Bonchev–Trinajstić information content (AvgIpc) is 2.21. The van der Waals surface area contributed by atoms with E-state index in [4.69, 9.17) is 16.2 Å². The van der Waals surface area contributed by atoms with E-state index >= 15 is 0 Å². The van der Waals surface area contributed by atoms with E-state index in [-0.39, 0.29) is 11.5 Å². The van der Waals surface area contributed by atoms with Gasteiger partial charge in [-0.1, -0.05) is 0 Å². The van der Waals surface area contributed by atoms with Crippen molar-refractivity contribution in [3.63, 3.8) is 0 Å². The van der Waals surface area contributed by atoms with Gasteiger partial charge in [-0.15, -0.1) is 0 Å². The first-order valence-electron chi connectivity index (χ1n) is 4.62. The molecule has 0 aliphatic rings. The van der Waals surface area contributed by atoms with E-state index in [0.29, 0.717) is 18.5 Å². The third kappa shape index (κ3) is 2.57. The van der Waals surface area contributed by atoms with Crippen LogP contribution in [0.15, 0.2) is 12.1 Å². The number of halogens is 1. The summed E-state index contributed by atoms with van der Waals surface area (Å²) in [6, 6.07) is 1.81. The fourth-order valence-corrected chi connectivity index (χ4v) is 1.37. The molecule has 0 bridgehead atoms. The second-order valence-electron chi connectivity index (χ2n) is 3.23. The number of benzene rings is 1. The normalized spacial score (nSPS) is 12.5. The lowest BCUT2D eigenvalue weighted by atomic mass is 10.0.